The summed E-state index contributed by atoms with van der Waals surface area (Å²) in [7, 11) is -3.57. The zero-order chi connectivity index (χ0) is 17.3. The Kier molecular flexibility index (Phi) is 4.35. The fraction of sp³-hybridized carbons (Fsp3) is 0.389. The Bertz CT molecular complexity index is 896. The molecule has 4 rings (SSSR count). The van der Waals surface area contributed by atoms with Gasteiger partial charge in [-0.05, 0) is 42.9 Å². The number of ether oxygens (including phenoxy) is 1. The van der Waals surface area contributed by atoms with Gasteiger partial charge in [0.15, 0.2) is 0 Å². The van der Waals surface area contributed by atoms with Gasteiger partial charge in [-0.25, -0.2) is 8.42 Å². The molecule has 0 saturated carbocycles. The molecule has 2 aliphatic rings. The second kappa shape index (κ2) is 6.65. The van der Waals surface area contributed by atoms with Crippen LogP contribution in [0.4, 0.5) is 5.69 Å². The summed E-state index contributed by atoms with van der Waals surface area (Å²) < 4.78 is 35.3. The van der Waals surface area contributed by atoms with Crippen LogP contribution in [0, 0.1) is 0 Å². The van der Waals surface area contributed by atoms with E-state index in [0.717, 1.165) is 31.4 Å². The van der Waals surface area contributed by atoms with Gasteiger partial charge < -0.3 is 4.74 Å². The zero-order valence-corrected chi connectivity index (χ0v) is 14.7. The van der Waals surface area contributed by atoms with Crippen LogP contribution >= 0.6 is 0 Å². The second-order valence-corrected chi connectivity index (χ2v) is 8.24. The Hall–Kier alpha value is -2.12. The minimum absolute atomic E-state index is 0.168. The van der Waals surface area contributed by atoms with Crippen molar-refractivity contribution >= 4 is 21.8 Å². The van der Waals surface area contributed by atoms with E-state index in [1.165, 1.54) is 5.56 Å². The predicted octanol–water partition coefficient (Wildman–Crippen LogP) is 2.79. The maximum absolute atomic E-state index is 12.7. The molecule has 2 heterocycles. The molecule has 1 atom stereocenters. The molecule has 1 aromatic heterocycles. The molecular weight excluding hydrogens is 338 g/mol. The van der Waals surface area contributed by atoms with Gasteiger partial charge >= 0.3 is 0 Å². The highest BCUT2D eigenvalue weighted by molar-refractivity contribution is 7.96. The quantitative estimate of drug-likeness (QED) is 0.891. The number of hydrogen-bond acceptors (Lipinski definition) is 4. The maximum Gasteiger partial charge on any atom is 0.258 e. The van der Waals surface area contributed by atoms with Crippen molar-refractivity contribution in [3.05, 3.63) is 52.7 Å². The first-order valence-electron chi connectivity index (χ1n) is 8.55. The molecule has 1 saturated heterocycles. The smallest absolute Gasteiger partial charge is 0.258 e. The van der Waals surface area contributed by atoms with E-state index in [4.69, 9.17) is 4.74 Å². The molecule has 7 heteroatoms. The van der Waals surface area contributed by atoms with Crippen LogP contribution < -0.4 is 4.72 Å². The Morgan fingerprint density at radius 3 is 3.00 bits per heavy atom. The van der Waals surface area contributed by atoms with Gasteiger partial charge in [0.05, 0.1) is 29.4 Å². The van der Waals surface area contributed by atoms with Crippen molar-refractivity contribution in [2.24, 2.45) is 0 Å². The summed E-state index contributed by atoms with van der Waals surface area (Å²) in [5.41, 5.74) is 2.65. The van der Waals surface area contributed by atoms with Crippen molar-refractivity contribution in [1.29, 1.82) is 0 Å². The van der Waals surface area contributed by atoms with Crippen molar-refractivity contribution in [2.75, 3.05) is 11.3 Å². The molecule has 132 valence electrons. The summed E-state index contributed by atoms with van der Waals surface area (Å²) >= 11 is 0. The summed E-state index contributed by atoms with van der Waals surface area (Å²) in [6.07, 6.45) is 8.53. The SMILES string of the molecule is O=S(=O)(Nc1cnn(CC2CCCO2)c1)C1=Cc2ccccc2CC1. The minimum atomic E-state index is -3.57. The third kappa shape index (κ3) is 3.62. The summed E-state index contributed by atoms with van der Waals surface area (Å²) in [6.45, 7) is 1.44. The number of benzene rings is 1. The van der Waals surface area contributed by atoms with E-state index in [0.29, 0.717) is 23.6 Å². The number of nitrogens with zero attached hydrogens (tertiary/aromatic N) is 2. The van der Waals surface area contributed by atoms with E-state index in [9.17, 15) is 8.42 Å². The van der Waals surface area contributed by atoms with Gasteiger partial charge in [-0.3, -0.25) is 9.40 Å². The van der Waals surface area contributed by atoms with Crippen molar-refractivity contribution in [1.82, 2.24) is 9.78 Å². The molecular formula is C18H21N3O3S. The minimum Gasteiger partial charge on any atom is -0.376 e. The lowest BCUT2D eigenvalue weighted by atomic mass is 9.98. The Labute approximate surface area is 147 Å². The van der Waals surface area contributed by atoms with E-state index in [2.05, 4.69) is 9.82 Å². The van der Waals surface area contributed by atoms with Crippen LogP contribution in [0.15, 0.2) is 41.6 Å². The molecule has 25 heavy (non-hydrogen) atoms. The highest BCUT2D eigenvalue weighted by atomic mass is 32.2. The number of nitrogens with one attached hydrogen (secondary N) is 1. The molecule has 0 spiro atoms. The van der Waals surface area contributed by atoms with Crippen LogP contribution in [0.5, 0.6) is 0 Å². The number of allylic oxidation sites excluding steroid dienone is 1. The van der Waals surface area contributed by atoms with E-state index < -0.39 is 10.0 Å². The standard InChI is InChI=1S/C18H21N3O3S/c22-25(23,18-8-7-14-4-1-2-5-15(14)10-18)20-16-11-19-21(12-16)13-17-6-3-9-24-17/h1-2,4-5,10-12,17,20H,3,6-9,13H2. The summed E-state index contributed by atoms with van der Waals surface area (Å²) in [5.74, 6) is 0. The Morgan fingerprint density at radius 1 is 1.28 bits per heavy atom. The van der Waals surface area contributed by atoms with Gasteiger partial charge in [0, 0.05) is 12.8 Å². The van der Waals surface area contributed by atoms with Crippen molar-refractivity contribution < 1.29 is 13.2 Å². The number of aryl methyl sites for hydroxylation is 1. The first kappa shape index (κ1) is 16.4. The molecule has 1 fully saturated rings. The number of fused-ring (bicyclic) bond motifs is 1. The van der Waals surface area contributed by atoms with Gasteiger partial charge in [0.1, 0.15) is 0 Å². The van der Waals surface area contributed by atoms with Crippen molar-refractivity contribution in [3.63, 3.8) is 0 Å². The molecule has 1 aliphatic carbocycles. The number of hydrogen-bond donors (Lipinski definition) is 1. The maximum atomic E-state index is 12.7. The van der Waals surface area contributed by atoms with Crippen LogP contribution in [0.1, 0.15) is 30.4 Å². The third-order valence-corrected chi connectivity index (χ3v) is 6.17. The van der Waals surface area contributed by atoms with Crippen molar-refractivity contribution in [2.45, 2.75) is 38.3 Å². The largest absolute Gasteiger partial charge is 0.376 e. The molecule has 0 bridgehead atoms. The Morgan fingerprint density at radius 2 is 2.16 bits per heavy atom. The fourth-order valence-electron chi connectivity index (χ4n) is 3.35. The molecule has 0 amide bonds. The zero-order valence-electron chi connectivity index (χ0n) is 13.9. The van der Waals surface area contributed by atoms with Crippen molar-refractivity contribution in [3.8, 4) is 0 Å². The molecule has 2 aromatic rings. The number of anilines is 1. The summed E-state index contributed by atoms with van der Waals surface area (Å²) in [4.78, 5) is 0.415. The van der Waals surface area contributed by atoms with Crippen LogP contribution in [-0.4, -0.2) is 30.9 Å². The van der Waals surface area contributed by atoms with E-state index in [-0.39, 0.29) is 6.10 Å². The van der Waals surface area contributed by atoms with Gasteiger partial charge in [-0.2, -0.15) is 5.10 Å². The molecule has 1 unspecified atom stereocenters. The lowest BCUT2D eigenvalue weighted by Crippen LogP contribution is -2.17. The molecule has 1 aliphatic heterocycles. The lowest BCUT2D eigenvalue weighted by molar-refractivity contribution is 0.0940. The van der Waals surface area contributed by atoms with E-state index >= 15 is 0 Å². The number of sulfonamides is 1. The number of aromatic nitrogens is 2. The highest BCUT2D eigenvalue weighted by Gasteiger charge is 2.22. The average Bonchev–Trinajstić information content (AvgIpc) is 3.27. The summed E-state index contributed by atoms with van der Waals surface area (Å²) in [5, 5.41) is 4.24. The second-order valence-electron chi connectivity index (χ2n) is 6.50. The molecule has 1 N–H and O–H groups in total. The highest BCUT2D eigenvalue weighted by Crippen LogP contribution is 2.28. The van der Waals surface area contributed by atoms with Gasteiger partial charge in [0.25, 0.3) is 10.0 Å². The lowest BCUT2D eigenvalue weighted by Gasteiger charge is -2.17. The van der Waals surface area contributed by atoms with Crippen LogP contribution in [-0.2, 0) is 27.7 Å². The van der Waals surface area contributed by atoms with Crippen LogP contribution in [0.2, 0.25) is 0 Å². The molecule has 1 aromatic carbocycles. The first-order valence-corrected chi connectivity index (χ1v) is 10.0. The predicted molar refractivity (Wildman–Crippen MR) is 96.5 cm³/mol. The molecule has 6 nitrogen and oxygen atoms in total. The number of rotatable bonds is 5. The summed E-state index contributed by atoms with van der Waals surface area (Å²) in [6, 6.07) is 7.89. The average molecular weight is 359 g/mol. The molecule has 0 radical (unpaired) electrons. The van der Waals surface area contributed by atoms with Gasteiger partial charge in [-0.1, -0.05) is 24.3 Å². The third-order valence-electron chi connectivity index (χ3n) is 4.66. The monoisotopic (exact) mass is 359 g/mol. The topological polar surface area (TPSA) is 73.2 Å². The Balaban J connectivity index is 1.48. The van der Waals surface area contributed by atoms with Gasteiger partial charge in [-0.15, -0.1) is 0 Å². The van der Waals surface area contributed by atoms with E-state index in [1.807, 2.05) is 24.3 Å². The van der Waals surface area contributed by atoms with Gasteiger partial charge in [0.2, 0.25) is 0 Å². The first-order chi connectivity index (χ1) is 12.1. The van der Waals surface area contributed by atoms with Crippen LogP contribution in [0.25, 0.3) is 6.08 Å². The fourth-order valence-corrected chi connectivity index (χ4v) is 4.55. The van der Waals surface area contributed by atoms with Crippen LogP contribution in [0.3, 0.4) is 0 Å². The normalized spacial score (nSPS) is 20.2. The van der Waals surface area contributed by atoms with E-state index in [1.54, 1.807) is 23.2 Å².